The molecule has 0 aliphatic rings. The maximum absolute atomic E-state index is 12.3. The van der Waals surface area contributed by atoms with Gasteiger partial charge < -0.3 is 0 Å². The van der Waals surface area contributed by atoms with Crippen molar-refractivity contribution in [2.24, 2.45) is 0 Å². The van der Waals surface area contributed by atoms with E-state index in [2.05, 4.69) is 10.3 Å². The van der Waals surface area contributed by atoms with Crippen molar-refractivity contribution in [3.8, 4) is 11.4 Å². The molecule has 0 radical (unpaired) electrons. The number of rotatable bonds is 4. The van der Waals surface area contributed by atoms with Crippen molar-refractivity contribution in [3.63, 3.8) is 0 Å². The number of nitrogens with zero attached hydrogens (tertiary/aromatic N) is 5. The summed E-state index contributed by atoms with van der Waals surface area (Å²) in [6.45, 7) is 2.40. The Bertz CT molecular complexity index is 1160. The molecule has 4 rings (SSSR count). The molecule has 0 bridgehead atoms. The highest BCUT2D eigenvalue weighted by atomic mass is 16.5. The number of aryl methyl sites for hydroxylation is 2. The number of aromatic nitrogens is 5. The molecule has 0 unspecified atom stereocenters. The third-order valence-corrected chi connectivity index (χ3v) is 4.10. The Hall–Kier alpha value is -3.42. The summed E-state index contributed by atoms with van der Waals surface area (Å²) < 4.78 is 9.03. The van der Waals surface area contributed by atoms with Crippen molar-refractivity contribution in [1.82, 2.24) is 23.9 Å². The van der Waals surface area contributed by atoms with E-state index in [9.17, 15) is 9.59 Å². The number of pyridine rings is 1. The maximum Gasteiger partial charge on any atom is 0.441 e. The van der Waals surface area contributed by atoms with Crippen LogP contribution in [0.3, 0.4) is 0 Å². The van der Waals surface area contributed by atoms with Gasteiger partial charge in [-0.15, -0.1) is 5.10 Å². The Morgan fingerprint density at radius 2 is 1.84 bits per heavy atom. The lowest BCUT2D eigenvalue weighted by atomic mass is 10.1. The van der Waals surface area contributed by atoms with Crippen LogP contribution in [0.4, 0.5) is 0 Å². The fourth-order valence-corrected chi connectivity index (χ4v) is 2.79. The van der Waals surface area contributed by atoms with E-state index in [1.165, 1.54) is 13.6 Å². The Morgan fingerprint density at radius 1 is 1.04 bits per heavy atom. The third kappa shape index (κ3) is 2.57. The molecule has 0 fully saturated rings. The molecule has 0 atom stereocenters. The molecule has 126 valence electrons. The van der Waals surface area contributed by atoms with Crippen LogP contribution in [-0.4, -0.2) is 23.9 Å². The molecule has 8 heteroatoms. The molecule has 3 heterocycles. The number of hydrogen-bond donors (Lipinski definition) is 0. The average molecular weight is 337 g/mol. The van der Waals surface area contributed by atoms with E-state index in [1.54, 1.807) is 18.3 Å². The first-order chi connectivity index (χ1) is 12.1. The topological polar surface area (TPSA) is 87.3 Å². The molecule has 0 amide bonds. The van der Waals surface area contributed by atoms with Crippen molar-refractivity contribution in [3.05, 3.63) is 75.3 Å². The lowest BCUT2D eigenvalue weighted by Gasteiger charge is -2.06. The number of fused-ring (bicyclic) bond motifs is 1. The zero-order chi connectivity index (χ0) is 17.4. The van der Waals surface area contributed by atoms with Gasteiger partial charge in [0.15, 0.2) is 11.5 Å². The number of benzene rings is 1. The van der Waals surface area contributed by atoms with E-state index in [0.717, 1.165) is 11.1 Å². The minimum absolute atomic E-state index is 0.232. The molecular formula is C17H15N5O3. The smallest absolute Gasteiger partial charge is 0.295 e. The fraction of sp³-hybridized carbons (Fsp3) is 0.176. The summed E-state index contributed by atoms with van der Waals surface area (Å²) in [7, 11) is 0. The van der Waals surface area contributed by atoms with Gasteiger partial charge in [0.2, 0.25) is 0 Å². The summed E-state index contributed by atoms with van der Waals surface area (Å²) in [5.41, 5.74) is 2.10. The van der Waals surface area contributed by atoms with Crippen molar-refractivity contribution in [1.29, 1.82) is 0 Å². The van der Waals surface area contributed by atoms with Crippen molar-refractivity contribution in [2.45, 2.75) is 20.0 Å². The monoisotopic (exact) mass is 337 g/mol. The van der Waals surface area contributed by atoms with E-state index in [0.29, 0.717) is 11.5 Å². The summed E-state index contributed by atoms with van der Waals surface area (Å²) in [5.74, 6) is -0.116. The second kappa shape index (κ2) is 5.90. The second-order valence-corrected chi connectivity index (χ2v) is 5.67. The van der Waals surface area contributed by atoms with Crippen LogP contribution in [0.5, 0.6) is 0 Å². The van der Waals surface area contributed by atoms with Gasteiger partial charge in [-0.2, -0.15) is 0 Å². The third-order valence-electron chi connectivity index (χ3n) is 4.10. The zero-order valence-corrected chi connectivity index (χ0v) is 13.5. The molecule has 0 N–H and O–H groups in total. The fourth-order valence-electron chi connectivity index (χ4n) is 2.79. The molecule has 4 aromatic rings. The minimum Gasteiger partial charge on any atom is -0.295 e. The van der Waals surface area contributed by atoms with Crippen LogP contribution in [0.25, 0.3) is 17.0 Å². The van der Waals surface area contributed by atoms with Gasteiger partial charge >= 0.3 is 11.4 Å². The predicted octanol–water partition coefficient (Wildman–Crippen LogP) is 1.32. The van der Waals surface area contributed by atoms with Crippen LogP contribution in [0.15, 0.2) is 62.8 Å². The van der Waals surface area contributed by atoms with Gasteiger partial charge in [-0.05, 0) is 24.6 Å². The molecule has 0 aliphatic heterocycles. The molecule has 0 saturated heterocycles. The largest absolute Gasteiger partial charge is 0.441 e. The molecule has 25 heavy (non-hydrogen) atoms. The molecular weight excluding hydrogens is 322 g/mol. The summed E-state index contributed by atoms with van der Waals surface area (Å²) in [6, 6.07) is 12.9. The normalized spacial score (nSPS) is 11.2. The molecule has 0 spiro atoms. The Balaban J connectivity index is 1.69. The van der Waals surface area contributed by atoms with Crippen molar-refractivity contribution < 1.29 is 4.52 Å². The van der Waals surface area contributed by atoms with E-state index in [-0.39, 0.29) is 18.8 Å². The van der Waals surface area contributed by atoms with Crippen LogP contribution in [0.2, 0.25) is 0 Å². The Morgan fingerprint density at radius 3 is 2.64 bits per heavy atom. The Labute approximate surface area is 141 Å². The van der Waals surface area contributed by atoms with Gasteiger partial charge in [0.05, 0.1) is 13.1 Å². The molecule has 0 saturated carbocycles. The Kier molecular flexibility index (Phi) is 3.57. The van der Waals surface area contributed by atoms with Crippen LogP contribution >= 0.6 is 0 Å². The van der Waals surface area contributed by atoms with Gasteiger partial charge in [0.25, 0.3) is 0 Å². The van der Waals surface area contributed by atoms with E-state index >= 15 is 0 Å². The lowest BCUT2D eigenvalue weighted by Crippen LogP contribution is -2.26. The highest BCUT2D eigenvalue weighted by molar-refractivity contribution is 5.59. The summed E-state index contributed by atoms with van der Waals surface area (Å²) in [6.07, 6.45) is 1.66. The van der Waals surface area contributed by atoms with E-state index < -0.39 is 5.76 Å². The van der Waals surface area contributed by atoms with Gasteiger partial charge in [-0.3, -0.25) is 13.5 Å². The molecule has 0 aliphatic carbocycles. The maximum atomic E-state index is 12.3. The van der Waals surface area contributed by atoms with E-state index in [1.807, 2.05) is 37.3 Å². The zero-order valence-electron chi connectivity index (χ0n) is 13.5. The van der Waals surface area contributed by atoms with Crippen molar-refractivity contribution in [2.75, 3.05) is 0 Å². The SMILES string of the molecule is Cc1ccccc1-c1noc(=O)n1CCn1nc2ccccn2c1=O. The molecule has 3 aromatic heterocycles. The lowest BCUT2D eigenvalue weighted by molar-refractivity contribution is 0.371. The predicted molar refractivity (Wildman–Crippen MR) is 90.4 cm³/mol. The summed E-state index contributed by atoms with van der Waals surface area (Å²) >= 11 is 0. The molecule has 1 aromatic carbocycles. The summed E-state index contributed by atoms with van der Waals surface area (Å²) in [5, 5.41) is 8.15. The standard InChI is InChI=1S/C17H15N5O3/c1-12-6-2-3-7-13(12)15-19-25-17(24)21(15)10-11-22-16(23)20-9-5-4-8-14(20)18-22/h2-9H,10-11H2,1H3. The number of hydrogen-bond acceptors (Lipinski definition) is 5. The first-order valence-corrected chi connectivity index (χ1v) is 7.82. The highest BCUT2D eigenvalue weighted by Crippen LogP contribution is 2.19. The quantitative estimate of drug-likeness (QED) is 0.560. The second-order valence-electron chi connectivity index (χ2n) is 5.67. The van der Waals surface area contributed by atoms with Gasteiger partial charge in [-0.25, -0.2) is 14.3 Å². The first kappa shape index (κ1) is 15.1. The highest BCUT2D eigenvalue weighted by Gasteiger charge is 2.15. The van der Waals surface area contributed by atoms with Crippen LogP contribution in [-0.2, 0) is 13.1 Å². The van der Waals surface area contributed by atoms with Gasteiger partial charge in [0.1, 0.15) is 0 Å². The van der Waals surface area contributed by atoms with Gasteiger partial charge in [-0.1, -0.05) is 35.5 Å². The minimum atomic E-state index is -0.560. The summed E-state index contributed by atoms with van der Waals surface area (Å²) in [4.78, 5) is 24.3. The van der Waals surface area contributed by atoms with Crippen LogP contribution in [0.1, 0.15) is 5.56 Å². The van der Waals surface area contributed by atoms with Gasteiger partial charge in [0, 0.05) is 11.8 Å². The average Bonchev–Trinajstić information content (AvgIpc) is 3.14. The van der Waals surface area contributed by atoms with E-state index in [4.69, 9.17) is 4.52 Å². The van der Waals surface area contributed by atoms with Crippen LogP contribution < -0.4 is 11.4 Å². The van der Waals surface area contributed by atoms with Crippen molar-refractivity contribution >= 4 is 5.65 Å². The molecule has 8 nitrogen and oxygen atoms in total. The first-order valence-electron chi connectivity index (χ1n) is 7.82. The van der Waals surface area contributed by atoms with Crippen LogP contribution in [0, 0.1) is 6.92 Å².